The van der Waals surface area contributed by atoms with Crippen LogP contribution in [0.5, 0.6) is 0 Å². The van der Waals surface area contributed by atoms with Gasteiger partial charge in [0.05, 0.1) is 18.4 Å². The van der Waals surface area contributed by atoms with Gasteiger partial charge in [0.15, 0.2) is 11.6 Å². The highest BCUT2D eigenvalue weighted by Crippen LogP contribution is 2.32. The summed E-state index contributed by atoms with van der Waals surface area (Å²) in [6.07, 6.45) is 1.44. The molecule has 3 N–H and O–H groups in total. The number of benzene rings is 2. The molecule has 144 valence electrons. The Hall–Kier alpha value is -3.61. The summed E-state index contributed by atoms with van der Waals surface area (Å²) in [7, 11) is 3.15. The third-order valence-corrected chi connectivity index (χ3v) is 4.43. The number of nitrogen functional groups attached to an aromatic ring is 1. The van der Waals surface area contributed by atoms with Crippen LogP contribution in [0, 0.1) is 6.92 Å². The van der Waals surface area contributed by atoms with Crippen molar-refractivity contribution < 1.29 is 9.53 Å². The molecule has 28 heavy (non-hydrogen) atoms. The zero-order valence-corrected chi connectivity index (χ0v) is 16.1. The van der Waals surface area contributed by atoms with Gasteiger partial charge < -0.3 is 20.7 Å². The number of ether oxygens (including phenoxy) is 1. The average molecular weight is 377 g/mol. The molecule has 0 atom stereocenters. The molecule has 3 rings (SSSR count). The third kappa shape index (κ3) is 4.03. The van der Waals surface area contributed by atoms with Gasteiger partial charge in [0.2, 0.25) is 0 Å². The van der Waals surface area contributed by atoms with Crippen molar-refractivity contribution in [2.45, 2.75) is 13.5 Å². The number of nitrogens with one attached hydrogen (secondary N) is 1. The summed E-state index contributed by atoms with van der Waals surface area (Å²) in [5, 5.41) is 3.25. The van der Waals surface area contributed by atoms with E-state index in [0.29, 0.717) is 35.1 Å². The molecule has 0 spiro atoms. The highest BCUT2D eigenvalue weighted by Gasteiger charge is 2.19. The van der Waals surface area contributed by atoms with E-state index in [2.05, 4.69) is 39.6 Å². The van der Waals surface area contributed by atoms with Gasteiger partial charge in [-0.3, -0.25) is 0 Å². The first-order chi connectivity index (χ1) is 13.5. The minimum atomic E-state index is -0.423. The van der Waals surface area contributed by atoms with Crippen LogP contribution in [0.3, 0.4) is 0 Å². The lowest BCUT2D eigenvalue weighted by Crippen LogP contribution is -2.18. The first-order valence-corrected chi connectivity index (χ1v) is 8.82. The van der Waals surface area contributed by atoms with Gasteiger partial charge >= 0.3 is 5.97 Å². The Morgan fingerprint density at radius 2 is 1.86 bits per heavy atom. The topological polar surface area (TPSA) is 93.4 Å². The molecule has 1 aromatic heterocycles. The number of aryl methyl sites for hydroxylation is 1. The molecule has 0 fully saturated rings. The van der Waals surface area contributed by atoms with Gasteiger partial charge in [-0.1, -0.05) is 42.0 Å². The van der Waals surface area contributed by atoms with Crippen LogP contribution in [0.25, 0.3) is 0 Å². The molecule has 1 heterocycles. The first kappa shape index (κ1) is 19.2. The van der Waals surface area contributed by atoms with Crippen molar-refractivity contribution in [3.63, 3.8) is 0 Å². The predicted molar refractivity (Wildman–Crippen MR) is 111 cm³/mol. The number of hydrogen-bond donors (Lipinski definition) is 2. The molecule has 3 aromatic rings. The molecule has 7 heteroatoms. The van der Waals surface area contributed by atoms with Crippen molar-refractivity contribution in [2.24, 2.45) is 0 Å². The lowest BCUT2D eigenvalue weighted by Gasteiger charge is -2.23. The Bertz CT molecular complexity index is 973. The second-order valence-corrected chi connectivity index (χ2v) is 6.37. The molecule has 0 aliphatic rings. The molecule has 7 nitrogen and oxygen atoms in total. The van der Waals surface area contributed by atoms with E-state index < -0.39 is 5.97 Å². The maximum atomic E-state index is 12.1. The molecule has 0 unspecified atom stereocenters. The lowest BCUT2D eigenvalue weighted by atomic mass is 10.1. The van der Waals surface area contributed by atoms with E-state index in [1.54, 1.807) is 24.1 Å². The van der Waals surface area contributed by atoms with Crippen molar-refractivity contribution in [2.75, 3.05) is 30.1 Å². The minimum Gasteiger partial charge on any atom is -0.465 e. The predicted octanol–water partition coefficient (Wildman–Crippen LogP) is 3.53. The number of nitrogens with two attached hydrogens (primary N) is 1. The summed E-state index contributed by atoms with van der Waals surface area (Å²) < 4.78 is 4.87. The van der Waals surface area contributed by atoms with Gasteiger partial charge in [-0.25, -0.2) is 14.8 Å². The Morgan fingerprint density at radius 1 is 1.14 bits per heavy atom. The van der Waals surface area contributed by atoms with Gasteiger partial charge in [0.25, 0.3) is 0 Å². The smallest absolute Gasteiger partial charge is 0.339 e. The molecular formula is C21H23N5O2. The Balaban J connectivity index is 1.86. The standard InChI is InChI=1S/C21H23N5O2/c1-14-8-10-15(11-9-14)12-23-19-18(22)20(25-13-24-19)26(2)17-7-5-4-6-16(17)21(27)28-3/h4-11,13H,12,22H2,1-3H3,(H,23,24,25). The van der Waals surface area contributed by atoms with Gasteiger partial charge in [-0.05, 0) is 24.6 Å². The number of anilines is 4. The Morgan fingerprint density at radius 3 is 2.57 bits per heavy atom. The molecule has 0 radical (unpaired) electrons. The van der Waals surface area contributed by atoms with Crippen LogP contribution in [0.4, 0.5) is 23.0 Å². The number of esters is 1. The molecule has 0 saturated heterocycles. The van der Waals surface area contributed by atoms with Gasteiger partial charge in [0.1, 0.15) is 12.0 Å². The number of carbonyl (C=O) groups is 1. The lowest BCUT2D eigenvalue weighted by molar-refractivity contribution is 0.0601. The molecular weight excluding hydrogens is 354 g/mol. The summed E-state index contributed by atoms with van der Waals surface area (Å²) in [6.45, 7) is 2.64. The fourth-order valence-electron chi connectivity index (χ4n) is 2.85. The number of methoxy groups -OCH3 is 1. The van der Waals surface area contributed by atoms with Crippen LogP contribution in [0.1, 0.15) is 21.5 Å². The molecule has 2 aromatic carbocycles. The molecule has 0 saturated carbocycles. The maximum Gasteiger partial charge on any atom is 0.339 e. The van der Waals surface area contributed by atoms with E-state index in [-0.39, 0.29) is 0 Å². The van der Waals surface area contributed by atoms with Crippen molar-refractivity contribution in [3.05, 3.63) is 71.5 Å². The number of rotatable bonds is 6. The van der Waals surface area contributed by atoms with E-state index in [4.69, 9.17) is 10.5 Å². The summed E-state index contributed by atoms with van der Waals surface area (Å²) in [5.74, 6) is 0.610. The average Bonchev–Trinajstić information content (AvgIpc) is 2.73. The number of hydrogen-bond acceptors (Lipinski definition) is 7. The largest absolute Gasteiger partial charge is 0.465 e. The first-order valence-electron chi connectivity index (χ1n) is 8.82. The Kier molecular flexibility index (Phi) is 5.74. The molecule has 0 aliphatic heterocycles. The fourth-order valence-corrected chi connectivity index (χ4v) is 2.85. The van der Waals surface area contributed by atoms with E-state index in [1.165, 1.54) is 19.0 Å². The van der Waals surface area contributed by atoms with E-state index >= 15 is 0 Å². The van der Waals surface area contributed by atoms with Crippen LogP contribution in [-0.2, 0) is 11.3 Å². The SMILES string of the molecule is COC(=O)c1ccccc1N(C)c1ncnc(NCc2ccc(C)cc2)c1N. The van der Waals surface area contributed by atoms with Crippen LogP contribution in [-0.4, -0.2) is 30.1 Å². The van der Waals surface area contributed by atoms with Gasteiger partial charge in [0, 0.05) is 13.6 Å². The highest BCUT2D eigenvalue weighted by molar-refractivity contribution is 5.97. The number of aromatic nitrogens is 2. The Labute approximate surface area is 164 Å². The van der Waals surface area contributed by atoms with Crippen LogP contribution >= 0.6 is 0 Å². The fraction of sp³-hybridized carbons (Fsp3) is 0.190. The molecule has 0 amide bonds. The quantitative estimate of drug-likeness (QED) is 0.635. The van der Waals surface area contributed by atoms with Crippen LogP contribution in [0.2, 0.25) is 0 Å². The number of nitrogens with zero attached hydrogens (tertiary/aromatic N) is 3. The van der Waals surface area contributed by atoms with Crippen LogP contribution in [0.15, 0.2) is 54.9 Å². The minimum absolute atomic E-state index is 0.400. The van der Waals surface area contributed by atoms with Crippen LogP contribution < -0.4 is 16.0 Å². The highest BCUT2D eigenvalue weighted by atomic mass is 16.5. The maximum absolute atomic E-state index is 12.1. The van der Waals surface area contributed by atoms with E-state index in [9.17, 15) is 4.79 Å². The third-order valence-electron chi connectivity index (χ3n) is 4.43. The van der Waals surface area contributed by atoms with Gasteiger partial charge in [-0.15, -0.1) is 0 Å². The van der Waals surface area contributed by atoms with Gasteiger partial charge in [-0.2, -0.15) is 0 Å². The summed E-state index contributed by atoms with van der Waals surface area (Å²) >= 11 is 0. The zero-order chi connectivity index (χ0) is 20.1. The van der Waals surface area contributed by atoms with Crippen molar-refractivity contribution in [1.29, 1.82) is 0 Å². The van der Waals surface area contributed by atoms with Crippen molar-refractivity contribution >= 4 is 29.0 Å². The monoisotopic (exact) mass is 377 g/mol. The number of carbonyl (C=O) groups excluding carboxylic acids is 1. The second-order valence-electron chi connectivity index (χ2n) is 6.37. The van der Waals surface area contributed by atoms with Crippen molar-refractivity contribution in [1.82, 2.24) is 9.97 Å². The second kappa shape index (κ2) is 8.39. The summed E-state index contributed by atoms with van der Waals surface area (Å²) in [6, 6.07) is 15.4. The van der Waals surface area contributed by atoms with Crippen molar-refractivity contribution in [3.8, 4) is 0 Å². The van der Waals surface area contributed by atoms with E-state index in [0.717, 1.165) is 5.56 Å². The zero-order valence-electron chi connectivity index (χ0n) is 16.1. The normalized spacial score (nSPS) is 10.4. The van der Waals surface area contributed by atoms with E-state index in [1.807, 2.05) is 19.1 Å². The summed E-state index contributed by atoms with van der Waals surface area (Å²) in [4.78, 5) is 22.4. The summed E-state index contributed by atoms with van der Waals surface area (Å²) in [5.41, 5.74) is 10.1. The molecule has 0 aliphatic carbocycles. The molecule has 0 bridgehead atoms. The number of para-hydroxylation sites is 1.